The molecule has 1 aromatic carbocycles. The van der Waals surface area contributed by atoms with Crippen molar-refractivity contribution in [2.75, 3.05) is 13.1 Å². The number of aliphatic hydroxyl groups is 4. The molecule has 4 aliphatic rings. The number of fused-ring (bicyclic) bond motifs is 5. The van der Waals surface area contributed by atoms with Crippen molar-refractivity contribution in [3.8, 4) is 0 Å². The molecule has 1 aliphatic heterocycles. The first kappa shape index (κ1) is 32.3. The fraction of sp³-hybridized carbons (Fsp3) is 0.688. The summed E-state index contributed by atoms with van der Waals surface area (Å²) in [5.41, 5.74) is -1.18. The Hall–Kier alpha value is -2.12. The fourth-order valence-electron chi connectivity index (χ4n) is 9.23. The molecule has 43 heavy (non-hydrogen) atoms. The van der Waals surface area contributed by atoms with E-state index in [4.69, 9.17) is 14.7 Å². The van der Waals surface area contributed by atoms with E-state index in [1.165, 1.54) is 0 Å². The van der Waals surface area contributed by atoms with Crippen LogP contribution in [0.1, 0.15) is 65.8 Å². The van der Waals surface area contributed by atoms with Crippen LogP contribution in [-0.4, -0.2) is 93.8 Å². The topological polar surface area (TPSA) is 166 Å². The number of esters is 1. The smallest absolute Gasteiger partial charge is 0.335 e. The molecule has 11 atom stereocenters. The van der Waals surface area contributed by atoms with Crippen molar-refractivity contribution >= 4 is 19.0 Å². The van der Waals surface area contributed by atoms with Crippen LogP contribution in [0.3, 0.4) is 0 Å². The van der Waals surface area contributed by atoms with Gasteiger partial charge in [0.1, 0.15) is 19.5 Å². The van der Waals surface area contributed by atoms with Gasteiger partial charge in [-0.25, -0.2) is 10.3 Å². The second-order valence-corrected chi connectivity index (χ2v) is 14.1. The Labute approximate surface area is 253 Å². The third-order valence-electron chi connectivity index (χ3n) is 11.8. The highest BCUT2D eigenvalue weighted by molar-refractivity contribution is 6.39. The zero-order valence-electron chi connectivity index (χ0n) is 25.8. The van der Waals surface area contributed by atoms with E-state index in [0.717, 1.165) is 0 Å². The predicted octanol–water partition coefficient (Wildman–Crippen LogP) is 1.49. The summed E-state index contributed by atoms with van der Waals surface area (Å²) >= 11 is 0. The van der Waals surface area contributed by atoms with Crippen LogP contribution in [0.15, 0.2) is 41.5 Å². The first-order chi connectivity index (χ1) is 20.1. The minimum absolute atomic E-state index is 0.00561. The van der Waals surface area contributed by atoms with Crippen LogP contribution in [-0.2, 0) is 19.1 Å². The highest BCUT2D eigenvalue weighted by atomic mass is 16.6. The molecule has 235 valence electrons. The van der Waals surface area contributed by atoms with Crippen molar-refractivity contribution in [1.82, 2.24) is 5.48 Å². The molecule has 6 N–H and O–H groups in total. The maximum Gasteiger partial charge on any atom is 0.335 e. The van der Waals surface area contributed by atoms with Gasteiger partial charge in [0.15, 0.2) is 11.9 Å². The van der Waals surface area contributed by atoms with Gasteiger partial charge in [0.25, 0.3) is 0 Å². The van der Waals surface area contributed by atoms with Gasteiger partial charge in [-0.05, 0) is 54.7 Å². The summed E-state index contributed by atoms with van der Waals surface area (Å²) in [5.74, 6) is -3.38. The lowest BCUT2D eigenvalue weighted by molar-refractivity contribution is -0.302. The van der Waals surface area contributed by atoms with Crippen LogP contribution in [0, 0.1) is 28.1 Å². The van der Waals surface area contributed by atoms with E-state index in [1.807, 2.05) is 25.4 Å². The van der Waals surface area contributed by atoms with Gasteiger partial charge in [-0.15, -0.1) is 0 Å². The Kier molecular flexibility index (Phi) is 8.29. The van der Waals surface area contributed by atoms with E-state index in [9.17, 15) is 30.0 Å². The molecule has 2 saturated carbocycles. The standard InChI is InChI=1S/C32H45BNO9/c1-16-19(43-28(39)25(37)23(33-15-34-41)18-10-8-7-9-11-18)13-32(40)17(2)26-30(5)14-42-21(30)12-20(35)31(26,6)27(38)24(36)22(16)29(32,3)4/h7-11,17,19-21,23-26,34-37,40-41H,12-15H2,1-6H3/t17-,19-,20-,21+,23-,24+,25+,26+,30+,31+,32+/m0/s1. The third kappa shape index (κ3) is 4.57. The van der Waals surface area contributed by atoms with Gasteiger partial charge in [0.05, 0.1) is 29.8 Å². The van der Waals surface area contributed by atoms with Gasteiger partial charge < -0.3 is 35.1 Å². The second-order valence-electron chi connectivity index (χ2n) is 14.1. The van der Waals surface area contributed by atoms with E-state index in [1.54, 1.807) is 59.2 Å². The van der Waals surface area contributed by atoms with E-state index in [2.05, 4.69) is 0 Å². The SMILES string of the molecule is CC1=C2[C@@H](O)C(=O)[C@@]3(C)[C@H]([C@H](C)[C@](O)(C[C@@H]1OC(=O)[C@H](O)[C@@H]([B]CNO)c1ccccc1)C2(C)C)[C@]1(C)CO[C@@H]1C[C@@H]3O. The number of hydrogen-bond acceptors (Lipinski definition) is 10. The lowest BCUT2D eigenvalue weighted by Gasteiger charge is -2.68. The number of ether oxygens (including phenoxy) is 2. The first-order valence-corrected chi connectivity index (χ1v) is 15.2. The van der Waals surface area contributed by atoms with Crippen molar-refractivity contribution in [2.24, 2.45) is 28.1 Å². The maximum absolute atomic E-state index is 14.3. The van der Waals surface area contributed by atoms with Crippen LogP contribution in [0.5, 0.6) is 0 Å². The molecule has 3 fully saturated rings. The Morgan fingerprint density at radius 1 is 1.19 bits per heavy atom. The molecule has 1 heterocycles. The quantitative estimate of drug-likeness (QED) is 0.117. The molecule has 0 unspecified atom stereocenters. The molecule has 3 aliphatic carbocycles. The Balaban J connectivity index is 1.55. The van der Waals surface area contributed by atoms with E-state index < -0.39 is 75.7 Å². The summed E-state index contributed by atoms with van der Waals surface area (Å²) in [5, 5.41) is 56.2. The summed E-state index contributed by atoms with van der Waals surface area (Å²) in [6.07, 6.45) is -5.44. The Morgan fingerprint density at radius 2 is 1.84 bits per heavy atom. The minimum atomic E-state index is -1.65. The van der Waals surface area contributed by atoms with Gasteiger partial charge in [0.2, 0.25) is 0 Å². The van der Waals surface area contributed by atoms with Crippen molar-refractivity contribution in [3.63, 3.8) is 0 Å². The van der Waals surface area contributed by atoms with Gasteiger partial charge in [-0.3, -0.25) is 4.79 Å². The number of hydrogen-bond donors (Lipinski definition) is 6. The number of hydroxylamine groups is 1. The highest BCUT2D eigenvalue weighted by Gasteiger charge is 2.72. The number of benzene rings is 1. The molecule has 1 radical (unpaired) electrons. The Bertz CT molecular complexity index is 1290. The van der Waals surface area contributed by atoms with Crippen LogP contribution in [0.2, 0.25) is 0 Å². The monoisotopic (exact) mass is 598 g/mol. The number of carbonyl (C=O) groups excluding carboxylic acids is 2. The van der Waals surface area contributed by atoms with Crippen molar-refractivity contribution < 1.29 is 44.7 Å². The summed E-state index contributed by atoms with van der Waals surface area (Å²) in [6.45, 7) is 11.2. The third-order valence-corrected chi connectivity index (χ3v) is 11.8. The maximum atomic E-state index is 14.3. The first-order valence-electron chi connectivity index (χ1n) is 15.2. The number of aliphatic hydroxyl groups excluding tert-OH is 3. The van der Waals surface area contributed by atoms with Gasteiger partial charge >= 0.3 is 5.97 Å². The molecule has 5 rings (SSSR count). The van der Waals surface area contributed by atoms with E-state index in [0.29, 0.717) is 17.7 Å². The zero-order chi connectivity index (χ0) is 31.7. The largest absolute Gasteiger partial charge is 0.456 e. The minimum Gasteiger partial charge on any atom is -0.456 e. The van der Waals surface area contributed by atoms with Crippen LogP contribution < -0.4 is 5.48 Å². The molecule has 11 heteroatoms. The van der Waals surface area contributed by atoms with E-state index >= 15 is 0 Å². The van der Waals surface area contributed by atoms with Crippen molar-refractivity contribution in [1.29, 1.82) is 0 Å². The number of carbonyl (C=O) groups is 2. The van der Waals surface area contributed by atoms with Crippen LogP contribution in [0.4, 0.5) is 0 Å². The van der Waals surface area contributed by atoms with Crippen LogP contribution >= 0.6 is 0 Å². The van der Waals surface area contributed by atoms with Gasteiger partial charge in [-0.1, -0.05) is 58.0 Å². The summed E-state index contributed by atoms with van der Waals surface area (Å²) < 4.78 is 11.8. The zero-order valence-corrected chi connectivity index (χ0v) is 25.8. The van der Waals surface area contributed by atoms with Crippen molar-refractivity contribution in [3.05, 3.63) is 47.0 Å². The number of nitrogens with one attached hydrogen (secondary N) is 1. The predicted molar refractivity (Wildman–Crippen MR) is 157 cm³/mol. The molecule has 2 bridgehead atoms. The summed E-state index contributed by atoms with van der Waals surface area (Å²) in [6, 6.07) is 8.86. The molecule has 0 spiro atoms. The normalized spacial score (nSPS) is 41.5. The van der Waals surface area contributed by atoms with Crippen molar-refractivity contribution in [2.45, 2.75) is 96.3 Å². The lowest BCUT2D eigenvalue weighted by atomic mass is 9.40. The molecule has 1 aromatic rings. The lowest BCUT2D eigenvalue weighted by Crippen LogP contribution is -2.75. The number of ketones is 1. The molecular weight excluding hydrogens is 553 g/mol. The number of Topliss-reactive ketones (excluding diaryl/α,β-unsaturated/α-hetero) is 1. The molecule has 0 aromatic heterocycles. The molecule has 1 saturated heterocycles. The number of rotatable bonds is 7. The van der Waals surface area contributed by atoms with E-state index in [-0.39, 0.29) is 31.0 Å². The van der Waals surface area contributed by atoms with Gasteiger partial charge in [0, 0.05) is 23.7 Å². The highest BCUT2D eigenvalue weighted by Crippen LogP contribution is 2.66. The average Bonchev–Trinajstić information content (AvgIpc) is 2.96. The van der Waals surface area contributed by atoms with Crippen LogP contribution in [0.25, 0.3) is 0 Å². The molecular formula is C32H45BNO9. The average molecular weight is 599 g/mol. The second kappa shape index (κ2) is 11.0. The summed E-state index contributed by atoms with van der Waals surface area (Å²) in [7, 11) is 1.56. The Morgan fingerprint density at radius 3 is 2.42 bits per heavy atom. The summed E-state index contributed by atoms with van der Waals surface area (Å²) in [4.78, 5) is 27.8. The molecule has 10 nitrogen and oxygen atoms in total. The fourth-order valence-corrected chi connectivity index (χ4v) is 9.23. The molecule has 0 amide bonds. The van der Waals surface area contributed by atoms with Gasteiger partial charge in [-0.2, -0.15) is 0 Å².